The third-order valence-corrected chi connectivity index (χ3v) is 2.60. The molecule has 2 nitrogen and oxygen atoms in total. The molecule has 0 saturated heterocycles. The van der Waals surface area contributed by atoms with Gasteiger partial charge in [-0.3, -0.25) is 0 Å². The molecule has 1 aromatic rings. The Kier molecular flexibility index (Phi) is 4.72. The van der Waals surface area contributed by atoms with Crippen LogP contribution in [0.3, 0.4) is 0 Å². The molecule has 0 aliphatic heterocycles. The summed E-state index contributed by atoms with van der Waals surface area (Å²) in [5, 5.41) is 3.16. The summed E-state index contributed by atoms with van der Waals surface area (Å²) in [5.74, 6) is -0.210. The molecule has 0 aliphatic carbocycles. The minimum absolute atomic E-state index is 0.0377. The van der Waals surface area contributed by atoms with Crippen LogP contribution in [0.4, 0.5) is 4.39 Å². The molecule has 2 unspecified atom stereocenters. The van der Waals surface area contributed by atoms with E-state index in [0.29, 0.717) is 0 Å². The van der Waals surface area contributed by atoms with Gasteiger partial charge in [-0.25, -0.2) is 4.39 Å². The second kappa shape index (κ2) is 5.83. The van der Waals surface area contributed by atoms with Crippen LogP contribution in [0.5, 0.6) is 0 Å². The Balaban J connectivity index is 2.90. The Morgan fingerprint density at radius 1 is 1.47 bits per heavy atom. The van der Waals surface area contributed by atoms with Crippen molar-refractivity contribution in [2.24, 2.45) is 0 Å². The van der Waals surface area contributed by atoms with Gasteiger partial charge in [0.05, 0.1) is 12.1 Å². The first-order valence-electron chi connectivity index (χ1n) is 5.18. The SMILES string of the molecule is CCC(OC)C(NC)c1cccc(F)c1. The molecule has 1 rings (SSSR count). The number of benzene rings is 1. The molecule has 2 atom stereocenters. The monoisotopic (exact) mass is 211 g/mol. The average molecular weight is 211 g/mol. The molecular weight excluding hydrogens is 193 g/mol. The Morgan fingerprint density at radius 3 is 2.67 bits per heavy atom. The summed E-state index contributed by atoms with van der Waals surface area (Å²) in [7, 11) is 3.54. The Labute approximate surface area is 90.4 Å². The molecule has 0 amide bonds. The van der Waals surface area contributed by atoms with Crippen molar-refractivity contribution in [1.29, 1.82) is 0 Å². The van der Waals surface area contributed by atoms with Crippen LogP contribution in [0.15, 0.2) is 24.3 Å². The van der Waals surface area contributed by atoms with Crippen molar-refractivity contribution in [2.45, 2.75) is 25.5 Å². The van der Waals surface area contributed by atoms with Crippen LogP contribution in [0.1, 0.15) is 24.9 Å². The molecule has 84 valence electrons. The van der Waals surface area contributed by atoms with E-state index in [9.17, 15) is 4.39 Å². The maximum atomic E-state index is 13.1. The quantitative estimate of drug-likeness (QED) is 0.808. The van der Waals surface area contributed by atoms with Crippen LogP contribution >= 0.6 is 0 Å². The Morgan fingerprint density at radius 2 is 2.20 bits per heavy atom. The highest BCUT2D eigenvalue weighted by molar-refractivity contribution is 5.21. The summed E-state index contributed by atoms with van der Waals surface area (Å²) in [4.78, 5) is 0. The summed E-state index contributed by atoms with van der Waals surface area (Å²) in [6.07, 6.45) is 0.954. The minimum atomic E-state index is -0.210. The second-order valence-electron chi connectivity index (χ2n) is 3.50. The zero-order valence-electron chi connectivity index (χ0n) is 9.46. The van der Waals surface area contributed by atoms with Gasteiger partial charge in [0.25, 0.3) is 0 Å². The number of rotatable bonds is 5. The van der Waals surface area contributed by atoms with Gasteiger partial charge in [0.2, 0.25) is 0 Å². The molecule has 0 aliphatic rings. The van der Waals surface area contributed by atoms with E-state index in [1.165, 1.54) is 6.07 Å². The first kappa shape index (κ1) is 12.1. The highest BCUT2D eigenvalue weighted by Crippen LogP contribution is 2.21. The number of halogens is 1. The fourth-order valence-corrected chi connectivity index (χ4v) is 1.81. The molecule has 0 fully saturated rings. The average Bonchev–Trinajstić information content (AvgIpc) is 2.25. The lowest BCUT2D eigenvalue weighted by Crippen LogP contribution is -2.30. The molecule has 1 N–H and O–H groups in total. The van der Waals surface area contributed by atoms with Gasteiger partial charge in [0.1, 0.15) is 5.82 Å². The van der Waals surface area contributed by atoms with E-state index in [1.54, 1.807) is 19.2 Å². The lowest BCUT2D eigenvalue weighted by Gasteiger charge is -2.25. The van der Waals surface area contributed by atoms with Gasteiger partial charge in [0.15, 0.2) is 0 Å². The van der Waals surface area contributed by atoms with Gasteiger partial charge in [-0.1, -0.05) is 19.1 Å². The van der Waals surface area contributed by atoms with Gasteiger partial charge in [-0.2, -0.15) is 0 Å². The van der Waals surface area contributed by atoms with Crippen molar-refractivity contribution < 1.29 is 9.13 Å². The maximum Gasteiger partial charge on any atom is 0.123 e. The third-order valence-electron chi connectivity index (χ3n) is 2.60. The summed E-state index contributed by atoms with van der Waals surface area (Å²) in [5.41, 5.74) is 0.922. The Bertz CT molecular complexity index is 299. The van der Waals surface area contributed by atoms with Gasteiger partial charge < -0.3 is 10.1 Å². The molecular formula is C12H18FNO. The maximum absolute atomic E-state index is 13.1. The van der Waals surface area contributed by atoms with Gasteiger partial charge >= 0.3 is 0 Å². The van der Waals surface area contributed by atoms with Gasteiger partial charge in [-0.05, 0) is 31.2 Å². The van der Waals surface area contributed by atoms with Crippen LogP contribution in [0.2, 0.25) is 0 Å². The van der Waals surface area contributed by atoms with Crippen molar-refractivity contribution in [3.05, 3.63) is 35.6 Å². The summed E-state index contributed by atoms with van der Waals surface area (Å²) < 4.78 is 18.4. The molecule has 0 aromatic heterocycles. The van der Waals surface area contributed by atoms with Crippen molar-refractivity contribution in [1.82, 2.24) is 5.32 Å². The summed E-state index contributed by atoms with van der Waals surface area (Å²) >= 11 is 0. The molecule has 0 spiro atoms. The number of nitrogens with one attached hydrogen (secondary N) is 1. The lowest BCUT2D eigenvalue weighted by atomic mass is 9.99. The molecule has 0 heterocycles. The van der Waals surface area contributed by atoms with E-state index in [1.807, 2.05) is 13.1 Å². The first-order valence-corrected chi connectivity index (χ1v) is 5.18. The number of hydrogen-bond donors (Lipinski definition) is 1. The molecule has 1 aromatic carbocycles. The van der Waals surface area contributed by atoms with Crippen LogP contribution in [-0.2, 0) is 4.74 Å². The van der Waals surface area contributed by atoms with E-state index in [2.05, 4.69) is 12.2 Å². The van der Waals surface area contributed by atoms with Crippen molar-refractivity contribution in [3.8, 4) is 0 Å². The van der Waals surface area contributed by atoms with E-state index >= 15 is 0 Å². The van der Waals surface area contributed by atoms with Crippen LogP contribution in [0.25, 0.3) is 0 Å². The van der Waals surface area contributed by atoms with Gasteiger partial charge in [-0.15, -0.1) is 0 Å². The van der Waals surface area contributed by atoms with E-state index in [-0.39, 0.29) is 18.0 Å². The molecule has 3 heteroatoms. The number of ether oxygens (including phenoxy) is 1. The van der Waals surface area contributed by atoms with Crippen LogP contribution < -0.4 is 5.32 Å². The standard InChI is InChI=1S/C12H18FNO/c1-4-11(15-3)12(14-2)9-6-5-7-10(13)8-9/h5-8,11-12,14H,4H2,1-3H3. The van der Waals surface area contributed by atoms with E-state index < -0.39 is 0 Å². The zero-order chi connectivity index (χ0) is 11.3. The smallest absolute Gasteiger partial charge is 0.123 e. The predicted octanol–water partition coefficient (Wildman–Crippen LogP) is 2.51. The van der Waals surface area contributed by atoms with Crippen LogP contribution in [-0.4, -0.2) is 20.3 Å². The topological polar surface area (TPSA) is 21.3 Å². The normalized spacial score (nSPS) is 14.9. The van der Waals surface area contributed by atoms with Crippen molar-refractivity contribution >= 4 is 0 Å². The van der Waals surface area contributed by atoms with E-state index in [4.69, 9.17) is 4.74 Å². The molecule has 0 bridgehead atoms. The second-order valence-corrected chi connectivity index (χ2v) is 3.50. The largest absolute Gasteiger partial charge is 0.379 e. The number of likely N-dealkylation sites (N-methyl/N-ethyl adjacent to an activating group) is 1. The summed E-state index contributed by atoms with van der Waals surface area (Å²) in [6, 6.07) is 6.66. The lowest BCUT2D eigenvalue weighted by molar-refractivity contribution is 0.0675. The Hall–Kier alpha value is -0.930. The summed E-state index contributed by atoms with van der Waals surface area (Å²) in [6.45, 7) is 2.05. The highest BCUT2D eigenvalue weighted by atomic mass is 19.1. The molecule has 0 saturated carbocycles. The minimum Gasteiger partial charge on any atom is -0.379 e. The van der Waals surface area contributed by atoms with E-state index in [0.717, 1.165) is 12.0 Å². The fraction of sp³-hybridized carbons (Fsp3) is 0.500. The zero-order valence-corrected chi connectivity index (χ0v) is 9.46. The molecule has 0 radical (unpaired) electrons. The molecule has 15 heavy (non-hydrogen) atoms. The fourth-order valence-electron chi connectivity index (χ4n) is 1.81. The third kappa shape index (κ3) is 3.01. The van der Waals surface area contributed by atoms with Crippen molar-refractivity contribution in [3.63, 3.8) is 0 Å². The predicted molar refractivity (Wildman–Crippen MR) is 59.3 cm³/mol. The van der Waals surface area contributed by atoms with Crippen molar-refractivity contribution in [2.75, 3.05) is 14.2 Å². The number of hydrogen-bond acceptors (Lipinski definition) is 2. The first-order chi connectivity index (χ1) is 7.22. The number of methoxy groups -OCH3 is 1. The highest BCUT2D eigenvalue weighted by Gasteiger charge is 2.19. The van der Waals surface area contributed by atoms with Crippen LogP contribution in [0, 0.1) is 5.82 Å². The van der Waals surface area contributed by atoms with Gasteiger partial charge in [0, 0.05) is 7.11 Å².